The van der Waals surface area contributed by atoms with Gasteiger partial charge < -0.3 is 4.42 Å². The Labute approximate surface area is 104 Å². The summed E-state index contributed by atoms with van der Waals surface area (Å²) in [4.78, 5) is 4.64. The first-order chi connectivity index (χ1) is 8.34. The van der Waals surface area contributed by atoms with Gasteiger partial charge in [-0.3, -0.25) is 0 Å². The van der Waals surface area contributed by atoms with Gasteiger partial charge in [-0.05, 0) is 13.0 Å². The van der Waals surface area contributed by atoms with Gasteiger partial charge in [-0.2, -0.15) is 0 Å². The van der Waals surface area contributed by atoms with E-state index in [1.807, 2.05) is 31.2 Å². The second kappa shape index (κ2) is 4.18. The van der Waals surface area contributed by atoms with E-state index in [-0.39, 0.29) is 0 Å². The van der Waals surface area contributed by atoms with Crippen LogP contribution in [0.5, 0.6) is 0 Å². The van der Waals surface area contributed by atoms with Crippen LogP contribution >= 0.6 is 11.3 Å². The first-order valence-corrected chi connectivity index (χ1v) is 6.28. The van der Waals surface area contributed by atoms with E-state index >= 15 is 0 Å². The zero-order valence-electron chi connectivity index (χ0n) is 9.38. The molecule has 3 aromatic rings. The summed E-state index contributed by atoms with van der Waals surface area (Å²) in [6.45, 7) is 1.96. The van der Waals surface area contributed by atoms with E-state index in [9.17, 15) is 0 Å². The predicted octanol–water partition coefficient (Wildman–Crippen LogP) is 4.38. The van der Waals surface area contributed by atoms with E-state index in [1.54, 1.807) is 17.6 Å². The highest BCUT2D eigenvalue weighted by Crippen LogP contribution is 2.30. The molecule has 2 nitrogen and oxygen atoms in total. The highest BCUT2D eigenvalue weighted by molar-refractivity contribution is 7.13. The lowest BCUT2D eigenvalue weighted by Crippen LogP contribution is -1.78. The van der Waals surface area contributed by atoms with E-state index in [2.05, 4.69) is 22.5 Å². The van der Waals surface area contributed by atoms with Crippen LogP contribution in [0.1, 0.15) is 5.76 Å². The van der Waals surface area contributed by atoms with Gasteiger partial charge in [0, 0.05) is 10.9 Å². The van der Waals surface area contributed by atoms with E-state index in [1.165, 1.54) is 0 Å². The second-order valence-electron chi connectivity index (χ2n) is 3.79. The van der Waals surface area contributed by atoms with E-state index in [0.717, 1.165) is 27.6 Å². The van der Waals surface area contributed by atoms with Crippen molar-refractivity contribution in [3.05, 3.63) is 53.8 Å². The lowest BCUT2D eigenvalue weighted by atomic mass is 10.2. The van der Waals surface area contributed by atoms with Crippen LogP contribution in [0, 0.1) is 6.92 Å². The number of hydrogen-bond donors (Lipinski definition) is 0. The van der Waals surface area contributed by atoms with E-state index in [0.29, 0.717) is 0 Å². The molecule has 0 spiro atoms. The fourth-order valence-electron chi connectivity index (χ4n) is 1.75. The van der Waals surface area contributed by atoms with Crippen LogP contribution in [0.4, 0.5) is 0 Å². The Hall–Kier alpha value is -1.87. The molecule has 0 N–H and O–H groups in total. The van der Waals surface area contributed by atoms with Crippen molar-refractivity contribution >= 4 is 11.3 Å². The average molecular weight is 241 g/mol. The fraction of sp³-hybridized carbons (Fsp3) is 0.0714. The number of rotatable bonds is 2. The quantitative estimate of drug-likeness (QED) is 0.665. The summed E-state index contributed by atoms with van der Waals surface area (Å²) in [6, 6.07) is 12.2. The average Bonchev–Trinajstić information content (AvgIpc) is 2.98. The van der Waals surface area contributed by atoms with Crippen molar-refractivity contribution in [1.29, 1.82) is 0 Å². The standard InChI is InChI=1S/C14H11NOS/c1-10-12(7-8-16-10)14-15-13(9-17-14)11-5-3-2-4-6-11/h2-9H,1H3. The van der Waals surface area contributed by atoms with Crippen LogP contribution < -0.4 is 0 Å². The Kier molecular flexibility index (Phi) is 2.53. The Bertz CT molecular complexity index is 624. The number of aryl methyl sites for hydroxylation is 1. The maximum absolute atomic E-state index is 5.30. The SMILES string of the molecule is Cc1occc1-c1nc(-c2ccccc2)cs1. The number of furan rings is 1. The van der Waals surface area contributed by atoms with Crippen molar-refractivity contribution < 1.29 is 4.42 Å². The van der Waals surface area contributed by atoms with E-state index in [4.69, 9.17) is 4.42 Å². The molecule has 2 heterocycles. The Morgan fingerprint density at radius 3 is 2.65 bits per heavy atom. The van der Waals surface area contributed by atoms with Gasteiger partial charge in [0.25, 0.3) is 0 Å². The third-order valence-electron chi connectivity index (χ3n) is 2.66. The molecular formula is C14H11NOS. The number of benzene rings is 1. The van der Waals surface area contributed by atoms with Crippen LogP contribution in [-0.4, -0.2) is 4.98 Å². The normalized spacial score (nSPS) is 10.6. The number of thiazole rings is 1. The van der Waals surface area contributed by atoms with Gasteiger partial charge in [0.05, 0.1) is 17.5 Å². The second-order valence-corrected chi connectivity index (χ2v) is 4.65. The first kappa shape index (κ1) is 10.3. The maximum atomic E-state index is 5.30. The fourth-order valence-corrected chi connectivity index (χ4v) is 2.65. The first-order valence-electron chi connectivity index (χ1n) is 5.40. The largest absolute Gasteiger partial charge is 0.469 e. The van der Waals surface area contributed by atoms with Crippen LogP contribution in [0.15, 0.2) is 52.5 Å². The summed E-state index contributed by atoms with van der Waals surface area (Å²) < 4.78 is 5.30. The van der Waals surface area contributed by atoms with Crippen LogP contribution in [0.3, 0.4) is 0 Å². The van der Waals surface area contributed by atoms with Crippen LogP contribution in [-0.2, 0) is 0 Å². The van der Waals surface area contributed by atoms with Gasteiger partial charge in [0.2, 0.25) is 0 Å². The van der Waals surface area contributed by atoms with Crippen LogP contribution in [0.2, 0.25) is 0 Å². The molecule has 3 rings (SSSR count). The maximum Gasteiger partial charge on any atom is 0.127 e. The molecule has 0 radical (unpaired) electrons. The molecule has 1 aromatic carbocycles. The third kappa shape index (κ3) is 1.89. The highest BCUT2D eigenvalue weighted by Gasteiger charge is 2.10. The van der Waals surface area contributed by atoms with Gasteiger partial charge in [0.15, 0.2) is 0 Å². The van der Waals surface area contributed by atoms with Gasteiger partial charge in [-0.15, -0.1) is 11.3 Å². The molecule has 0 aliphatic rings. The molecule has 84 valence electrons. The van der Waals surface area contributed by atoms with E-state index < -0.39 is 0 Å². The van der Waals surface area contributed by atoms with Crippen molar-refractivity contribution in [3.8, 4) is 21.8 Å². The Balaban J connectivity index is 2.02. The highest BCUT2D eigenvalue weighted by atomic mass is 32.1. The molecular weight excluding hydrogens is 230 g/mol. The monoisotopic (exact) mass is 241 g/mol. The zero-order chi connectivity index (χ0) is 11.7. The topological polar surface area (TPSA) is 26.0 Å². The lowest BCUT2D eigenvalue weighted by Gasteiger charge is -1.94. The smallest absolute Gasteiger partial charge is 0.127 e. The summed E-state index contributed by atoms with van der Waals surface area (Å²) in [5.41, 5.74) is 3.25. The molecule has 0 aliphatic carbocycles. The van der Waals surface area contributed by atoms with Gasteiger partial charge in [-0.25, -0.2) is 4.98 Å². The van der Waals surface area contributed by atoms with Crippen molar-refractivity contribution in [2.75, 3.05) is 0 Å². The number of nitrogens with zero attached hydrogens (tertiary/aromatic N) is 1. The molecule has 0 aliphatic heterocycles. The minimum atomic E-state index is 0.916. The molecule has 0 saturated heterocycles. The molecule has 0 fully saturated rings. The molecule has 2 aromatic heterocycles. The minimum Gasteiger partial charge on any atom is -0.469 e. The van der Waals surface area contributed by atoms with Crippen molar-refractivity contribution in [2.45, 2.75) is 6.92 Å². The van der Waals surface area contributed by atoms with Gasteiger partial charge in [-0.1, -0.05) is 30.3 Å². The summed E-state index contributed by atoms with van der Waals surface area (Å²) in [6.07, 6.45) is 1.70. The minimum absolute atomic E-state index is 0.916. The van der Waals surface area contributed by atoms with Crippen molar-refractivity contribution in [2.24, 2.45) is 0 Å². The summed E-state index contributed by atoms with van der Waals surface area (Å²) in [5.74, 6) is 0.916. The van der Waals surface area contributed by atoms with Gasteiger partial charge in [0.1, 0.15) is 10.8 Å². The molecule has 0 atom stereocenters. The summed E-state index contributed by atoms with van der Waals surface area (Å²) in [7, 11) is 0. The number of hydrogen-bond acceptors (Lipinski definition) is 3. The summed E-state index contributed by atoms with van der Waals surface area (Å²) >= 11 is 1.65. The molecule has 0 amide bonds. The third-order valence-corrected chi connectivity index (χ3v) is 3.54. The molecule has 0 unspecified atom stereocenters. The predicted molar refractivity (Wildman–Crippen MR) is 70.0 cm³/mol. The Morgan fingerprint density at radius 2 is 1.94 bits per heavy atom. The zero-order valence-corrected chi connectivity index (χ0v) is 10.2. The van der Waals surface area contributed by atoms with Crippen molar-refractivity contribution in [1.82, 2.24) is 4.98 Å². The lowest BCUT2D eigenvalue weighted by molar-refractivity contribution is 0.535. The molecule has 0 saturated carbocycles. The van der Waals surface area contributed by atoms with Crippen LogP contribution in [0.25, 0.3) is 21.8 Å². The van der Waals surface area contributed by atoms with Gasteiger partial charge >= 0.3 is 0 Å². The number of aromatic nitrogens is 1. The van der Waals surface area contributed by atoms with Crippen molar-refractivity contribution in [3.63, 3.8) is 0 Å². The molecule has 0 bridgehead atoms. The Morgan fingerprint density at radius 1 is 1.12 bits per heavy atom. The molecule has 3 heteroatoms. The summed E-state index contributed by atoms with van der Waals surface area (Å²) in [5, 5.41) is 3.09. The molecule has 17 heavy (non-hydrogen) atoms.